The number of hydrogen-bond donors (Lipinski definition) is 2. The molecule has 192 valence electrons. The monoisotopic (exact) mass is 549 g/mol. The van der Waals surface area contributed by atoms with Gasteiger partial charge in [0.15, 0.2) is 0 Å². The lowest BCUT2D eigenvalue weighted by atomic mass is 10.0. The Labute approximate surface area is 213 Å². The molecule has 2 N–H and O–H groups in total. The van der Waals surface area contributed by atoms with Crippen LogP contribution in [0.1, 0.15) is 10.4 Å². The molecular formula is C25H18F3NO6S2. The van der Waals surface area contributed by atoms with Crippen LogP contribution in [0.3, 0.4) is 0 Å². The summed E-state index contributed by atoms with van der Waals surface area (Å²) >= 11 is 1.03. The number of methoxy groups -OCH3 is 1. The number of aromatic carboxylic acids is 1. The van der Waals surface area contributed by atoms with Crippen LogP contribution >= 0.6 is 11.3 Å². The van der Waals surface area contributed by atoms with E-state index in [2.05, 4.69) is 9.46 Å². The predicted octanol–water partition coefficient (Wildman–Crippen LogP) is 6.49. The molecule has 0 saturated heterocycles. The molecule has 0 atom stereocenters. The normalized spacial score (nSPS) is 11.7. The summed E-state index contributed by atoms with van der Waals surface area (Å²) in [7, 11) is -2.68. The van der Waals surface area contributed by atoms with Crippen molar-refractivity contribution in [1.82, 2.24) is 0 Å². The summed E-state index contributed by atoms with van der Waals surface area (Å²) in [6.45, 7) is 0. The first-order chi connectivity index (χ1) is 17.4. The second-order valence-electron chi connectivity index (χ2n) is 7.59. The van der Waals surface area contributed by atoms with Gasteiger partial charge in [0.05, 0.1) is 18.4 Å². The summed E-state index contributed by atoms with van der Waals surface area (Å²) < 4.78 is 74.4. The van der Waals surface area contributed by atoms with Crippen LogP contribution in [0.5, 0.6) is 11.5 Å². The molecule has 0 spiro atoms. The molecule has 0 aliphatic rings. The van der Waals surface area contributed by atoms with Gasteiger partial charge in [0.2, 0.25) is 0 Å². The molecule has 12 heteroatoms. The van der Waals surface area contributed by atoms with Crippen molar-refractivity contribution in [3.63, 3.8) is 0 Å². The van der Waals surface area contributed by atoms with E-state index in [1.807, 2.05) is 0 Å². The zero-order chi connectivity index (χ0) is 26.8. The number of benzene rings is 3. The topological polar surface area (TPSA) is 102 Å². The number of carbonyl (C=O) groups is 1. The van der Waals surface area contributed by atoms with E-state index in [4.69, 9.17) is 9.84 Å². The second-order valence-corrected chi connectivity index (χ2v) is 10.6. The van der Waals surface area contributed by atoms with E-state index in [-0.39, 0.29) is 27.0 Å². The first-order valence-electron chi connectivity index (χ1n) is 10.5. The summed E-state index contributed by atoms with van der Waals surface area (Å²) in [6.07, 6.45) is -4.76. The zero-order valence-electron chi connectivity index (χ0n) is 18.9. The van der Waals surface area contributed by atoms with E-state index in [0.717, 1.165) is 22.5 Å². The van der Waals surface area contributed by atoms with Crippen molar-refractivity contribution >= 4 is 33.0 Å². The fourth-order valence-electron chi connectivity index (χ4n) is 3.40. The fourth-order valence-corrected chi connectivity index (χ4v) is 5.78. The van der Waals surface area contributed by atoms with E-state index in [1.165, 1.54) is 55.6 Å². The maximum absolute atomic E-state index is 12.9. The van der Waals surface area contributed by atoms with Crippen LogP contribution in [-0.4, -0.2) is 33.0 Å². The summed E-state index contributed by atoms with van der Waals surface area (Å²) in [4.78, 5) is 11.8. The number of alkyl halides is 3. The minimum Gasteiger partial charge on any atom is -0.495 e. The van der Waals surface area contributed by atoms with Crippen LogP contribution in [0.25, 0.3) is 21.6 Å². The maximum atomic E-state index is 12.9. The Morgan fingerprint density at radius 3 is 2.05 bits per heavy atom. The van der Waals surface area contributed by atoms with Crippen molar-refractivity contribution in [3.05, 3.63) is 84.4 Å². The number of sulfonamides is 1. The number of anilines is 1. The Hall–Kier alpha value is -4.03. The quantitative estimate of drug-likeness (QED) is 0.261. The summed E-state index contributed by atoms with van der Waals surface area (Å²) in [5.41, 5.74) is 2.23. The summed E-state index contributed by atoms with van der Waals surface area (Å²) in [6, 6.07) is 19.5. The van der Waals surface area contributed by atoms with Gasteiger partial charge in [0.1, 0.15) is 15.7 Å². The van der Waals surface area contributed by atoms with Gasteiger partial charge >= 0.3 is 12.3 Å². The van der Waals surface area contributed by atoms with Crippen LogP contribution in [-0.2, 0) is 10.0 Å². The van der Waals surface area contributed by atoms with Crippen LogP contribution in [0.15, 0.2) is 83.1 Å². The highest BCUT2D eigenvalue weighted by Crippen LogP contribution is 2.35. The summed E-state index contributed by atoms with van der Waals surface area (Å²) in [5, 5.41) is 9.11. The highest BCUT2D eigenvalue weighted by molar-refractivity contribution is 7.94. The van der Waals surface area contributed by atoms with Gasteiger partial charge in [0.25, 0.3) is 10.0 Å². The third-order valence-electron chi connectivity index (χ3n) is 5.13. The van der Waals surface area contributed by atoms with Gasteiger partial charge in [-0.2, -0.15) is 0 Å². The first-order valence-corrected chi connectivity index (χ1v) is 12.8. The van der Waals surface area contributed by atoms with Crippen molar-refractivity contribution in [3.8, 4) is 33.1 Å². The molecule has 0 amide bonds. The molecule has 0 saturated carbocycles. The van der Waals surface area contributed by atoms with Crippen molar-refractivity contribution in [1.29, 1.82) is 0 Å². The third-order valence-corrected chi connectivity index (χ3v) is 8.12. The lowest BCUT2D eigenvalue weighted by molar-refractivity contribution is -0.274. The number of hydrogen-bond acceptors (Lipinski definition) is 6. The van der Waals surface area contributed by atoms with Crippen molar-refractivity contribution in [2.75, 3.05) is 11.8 Å². The summed E-state index contributed by atoms with van der Waals surface area (Å²) in [5.74, 6) is -1.42. The molecule has 4 aromatic rings. The number of carboxylic acids is 1. The molecule has 1 heterocycles. The highest BCUT2D eigenvalue weighted by atomic mass is 32.2. The Kier molecular flexibility index (Phi) is 7.14. The molecule has 3 aromatic carbocycles. The Morgan fingerprint density at radius 2 is 1.49 bits per heavy atom. The van der Waals surface area contributed by atoms with Gasteiger partial charge in [-0.25, -0.2) is 13.2 Å². The molecule has 0 unspecified atom stereocenters. The fraction of sp³-hybridized carbons (Fsp3) is 0.0800. The van der Waals surface area contributed by atoms with Gasteiger partial charge in [-0.05, 0) is 59.2 Å². The standard InChI is InChI=1S/C25H18F3NO6S2/c1-34-21-14-18(24(30)31)8-11-20(21)29-37(32,33)23-13-12-22(36-23)17-4-2-15(3-5-17)16-6-9-19(10-7-16)35-25(26,27)28/h2-14,29H,1H3,(H,30,31). The zero-order valence-corrected chi connectivity index (χ0v) is 20.6. The lowest BCUT2D eigenvalue weighted by Gasteiger charge is -2.11. The molecule has 1 aromatic heterocycles. The smallest absolute Gasteiger partial charge is 0.495 e. The number of nitrogens with one attached hydrogen (secondary N) is 1. The molecular weight excluding hydrogens is 531 g/mol. The van der Waals surface area contributed by atoms with Crippen LogP contribution in [0.4, 0.5) is 18.9 Å². The largest absolute Gasteiger partial charge is 0.573 e. The minimum absolute atomic E-state index is 0.0381. The van der Waals surface area contributed by atoms with Crippen LogP contribution in [0, 0.1) is 0 Å². The second kappa shape index (κ2) is 10.1. The third kappa shape index (κ3) is 6.22. The lowest BCUT2D eigenvalue weighted by Crippen LogP contribution is -2.16. The molecule has 0 aliphatic heterocycles. The van der Waals surface area contributed by atoms with Gasteiger partial charge in [-0.3, -0.25) is 4.72 Å². The Morgan fingerprint density at radius 1 is 0.892 bits per heavy atom. The Bertz CT molecular complexity index is 1530. The first kappa shape index (κ1) is 26.0. The van der Waals surface area contributed by atoms with Crippen molar-refractivity contribution < 1.29 is 41.0 Å². The van der Waals surface area contributed by atoms with Gasteiger partial charge in [-0.15, -0.1) is 24.5 Å². The maximum Gasteiger partial charge on any atom is 0.573 e. The van der Waals surface area contributed by atoms with E-state index in [1.54, 1.807) is 30.3 Å². The molecule has 37 heavy (non-hydrogen) atoms. The van der Waals surface area contributed by atoms with E-state index < -0.39 is 22.4 Å². The number of halogens is 3. The van der Waals surface area contributed by atoms with E-state index in [9.17, 15) is 26.4 Å². The predicted molar refractivity (Wildman–Crippen MR) is 133 cm³/mol. The van der Waals surface area contributed by atoms with Crippen LogP contribution < -0.4 is 14.2 Å². The molecule has 4 rings (SSSR count). The number of thiophene rings is 1. The molecule has 0 fully saturated rings. The van der Waals surface area contributed by atoms with Gasteiger partial charge in [0, 0.05) is 4.88 Å². The Balaban J connectivity index is 1.51. The van der Waals surface area contributed by atoms with E-state index >= 15 is 0 Å². The average Bonchev–Trinajstić information content (AvgIpc) is 3.35. The molecule has 7 nitrogen and oxygen atoms in total. The van der Waals surface area contributed by atoms with Crippen LogP contribution in [0.2, 0.25) is 0 Å². The number of ether oxygens (including phenoxy) is 2. The molecule has 0 bridgehead atoms. The van der Waals surface area contributed by atoms with Crippen molar-refractivity contribution in [2.45, 2.75) is 10.6 Å². The van der Waals surface area contributed by atoms with Gasteiger partial charge in [-0.1, -0.05) is 36.4 Å². The number of carboxylic acid groups (broad SMARTS) is 1. The van der Waals surface area contributed by atoms with Crippen molar-refractivity contribution in [2.24, 2.45) is 0 Å². The highest BCUT2D eigenvalue weighted by Gasteiger charge is 2.31. The SMILES string of the molecule is COc1cc(C(=O)O)ccc1NS(=O)(=O)c1ccc(-c2ccc(-c3ccc(OC(F)(F)F)cc3)cc2)s1. The van der Waals surface area contributed by atoms with Gasteiger partial charge < -0.3 is 14.6 Å². The van der Waals surface area contributed by atoms with E-state index in [0.29, 0.717) is 10.4 Å². The molecule has 0 aliphatic carbocycles. The number of rotatable bonds is 8. The molecule has 0 radical (unpaired) electrons. The minimum atomic E-state index is -4.76. The average molecular weight is 550 g/mol.